The summed E-state index contributed by atoms with van der Waals surface area (Å²) >= 11 is 0. The van der Waals surface area contributed by atoms with Crippen molar-refractivity contribution in [1.82, 2.24) is 10.6 Å². The third-order valence-electron chi connectivity index (χ3n) is 4.57. The van der Waals surface area contributed by atoms with Gasteiger partial charge in [0.05, 0.1) is 18.4 Å². The molecule has 0 unspecified atom stereocenters. The molecule has 2 N–H and O–H groups in total. The van der Waals surface area contributed by atoms with Gasteiger partial charge < -0.3 is 29.3 Å². The molecule has 0 saturated carbocycles. The van der Waals surface area contributed by atoms with E-state index in [-0.39, 0.29) is 5.60 Å². The van der Waals surface area contributed by atoms with Gasteiger partial charge >= 0.3 is 0 Å². The summed E-state index contributed by atoms with van der Waals surface area (Å²) in [7, 11) is 1.76. The van der Waals surface area contributed by atoms with Crippen LogP contribution in [0.4, 0.5) is 0 Å². The summed E-state index contributed by atoms with van der Waals surface area (Å²) in [6, 6.07) is 3.89. The Balaban J connectivity index is 1.84. The SMILES string of the molecule is CCOCCCNC(=NCC1(OC)CCOCC1)NCCc1ccco1. The van der Waals surface area contributed by atoms with E-state index in [2.05, 4.69) is 10.6 Å². The summed E-state index contributed by atoms with van der Waals surface area (Å²) < 4.78 is 22.0. The van der Waals surface area contributed by atoms with Crippen molar-refractivity contribution in [3.8, 4) is 0 Å². The van der Waals surface area contributed by atoms with Gasteiger partial charge in [0, 0.05) is 65.9 Å². The Morgan fingerprint density at radius 2 is 2.08 bits per heavy atom. The Bertz CT molecular complexity index is 499. The fourth-order valence-electron chi connectivity index (χ4n) is 2.85. The van der Waals surface area contributed by atoms with Gasteiger partial charge in [0.15, 0.2) is 5.96 Å². The molecule has 1 aliphatic heterocycles. The number of methoxy groups -OCH3 is 1. The predicted molar refractivity (Wildman–Crippen MR) is 102 cm³/mol. The summed E-state index contributed by atoms with van der Waals surface area (Å²) in [5.74, 6) is 1.77. The molecule has 0 atom stereocenters. The number of nitrogens with zero attached hydrogens (tertiary/aromatic N) is 1. The van der Waals surface area contributed by atoms with E-state index in [1.807, 2.05) is 19.1 Å². The van der Waals surface area contributed by atoms with E-state index in [4.69, 9.17) is 23.6 Å². The number of hydrogen-bond acceptors (Lipinski definition) is 5. The molecule has 26 heavy (non-hydrogen) atoms. The Morgan fingerprint density at radius 3 is 2.77 bits per heavy atom. The first-order chi connectivity index (χ1) is 12.8. The van der Waals surface area contributed by atoms with Crippen molar-refractivity contribution in [1.29, 1.82) is 0 Å². The minimum Gasteiger partial charge on any atom is -0.469 e. The predicted octanol–water partition coefficient (Wildman–Crippen LogP) is 1.98. The van der Waals surface area contributed by atoms with Gasteiger partial charge in [-0.3, -0.25) is 4.99 Å². The number of hydrogen-bond donors (Lipinski definition) is 2. The third kappa shape index (κ3) is 7.35. The van der Waals surface area contributed by atoms with E-state index in [9.17, 15) is 0 Å². The highest BCUT2D eigenvalue weighted by molar-refractivity contribution is 5.79. The molecule has 1 fully saturated rings. The second-order valence-electron chi connectivity index (χ2n) is 6.40. The molecule has 0 aromatic carbocycles. The van der Waals surface area contributed by atoms with Crippen molar-refractivity contribution >= 4 is 5.96 Å². The van der Waals surface area contributed by atoms with Crippen molar-refractivity contribution in [2.45, 2.75) is 38.2 Å². The lowest BCUT2D eigenvalue weighted by Crippen LogP contribution is -2.44. The van der Waals surface area contributed by atoms with Gasteiger partial charge in [-0.05, 0) is 25.5 Å². The molecule has 0 amide bonds. The summed E-state index contributed by atoms with van der Waals surface area (Å²) in [6.07, 6.45) is 5.20. The third-order valence-corrected chi connectivity index (χ3v) is 4.57. The number of aliphatic imine (C=N–C) groups is 1. The number of nitrogens with one attached hydrogen (secondary N) is 2. The molecule has 1 aromatic heterocycles. The lowest BCUT2D eigenvalue weighted by Gasteiger charge is -2.34. The van der Waals surface area contributed by atoms with Crippen LogP contribution in [-0.2, 0) is 20.6 Å². The van der Waals surface area contributed by atoms with Crippen LogP contribution < -0.4 is 10.6 Å². The van der Waals surface area contributed by atoms with Gasteiger partial charge in [0.1, 0.15) is 5.76 Å². The topological polar surface area (TPSA) is 77.2 Å². The molecule has 0 radical (unpaired) electrons. The highest BCUT2D eigenvalue weighted by atomic mass is 16.5. The zero-order chi connectivity index (χ0) is 18.5. The first-order valence-corrected chi connectivity index (χ1v) is 9.53. The Kier molecular flexibility index (Phi) is 9.52. The van der Waals surface area contributed by atoms with E-state index in [1.54, 1.807) is 13.4 Å². The molecule has 1 aromatic rings. The Morgan fingerprint density at radius 1 is 1.27 bits per heavy atom. The highest BCUT2D eigenvalue weighted by Gasteiger charge is 2.32. The van der Waals surface area contributed by atoms with Gasteiger partial charge in [0.2, 0.25) is 0 Å². The quantitative estimate of drug-likeness (QED) is 0.354. The average molecular weight is 367 g/mol. The standard InChI is InChI=1S/C19H33N3O4/c1-3-24-12-5-10-20-18(21-11-7-17-6-4-13-26-17)22-16-19(23-2)8-14-25-15-9-19/h4,6,13H,3,5,7-12,14-16H2,1-2H3,(H2,20,21,22). The summed E-state index contributed by atoms with van der Waals surface area (Å²) in [5, 5.41) is 6.76. The molecule has 1 aliphatic rings. The Hall–Kier alpha value is -1.57. The summed E-state index contributed by atoms with van der Waals surface area (Å²) in [4.78, 5) is 4.77. The molecule has 0 spiro atoms. The first kappa shape index (κ1) is 20.7. The van der Waals surface area contributed by atoms with E-state index < -0.39 is 0 Å². The smallest absolute Gasteiger partial charge is 0.191 e. The molecule has 148 valence electrons. The van der Waals surface area contributed by atoms with Crippen LogP contribution in [-0.4, -0.2) is 64.7 Å². The van der Waals surface area contributed by atoms with Crippen LogP contribution in [0.2, 0.25) is 0 Å². The first-order valence-electron chi connectivity index (χ1n) is 9.53. The average Bonchev–Trinajstić information content (AvgIpc) is 3.19. The molecule has 1 saturated heterocycles. The van der Waals surface area contributed by atoms with Crippen molar-refractivity contribution < 1.29 is 18.6 Å². The maximum atomic E-state index is 5.77. The zero-order valence-corrected chi connectivity index (χ0v) is 16.1. The minimum absolute atomic E-state index is 0.223. The minimum atomic E-state index is -0.223. The molecule has 7 nitrogen and oxygen atoms in total. The molecular weight excluding hydrogens is 334 g/mol. The van der Waals surface area contributed by atoms with E-state index in [0.29, 0.717) is 6.54 Å². The molecule has 0 aliphatic carbocycles. The molecule has 2 rings (SSSR count). The second kappa shape index (κ2) is 11.9. The summed E-state index contributed by atoms with van der Waals surface area (Å²) in [6.45, 7) is 7.16. The lowest BCUT2D eigenvalue weighted by atomic mass is 9.94. The Labute approximate surface area is 156 Å². The van der Waals surface area contributed by atoms with Crippen LogP contribution in [0.1, 0.15) is 31.9 Å². The lowest BCUT2D eigenvalue weighted by molar-refractivity contribution is -0.0828. The van der Waals surface area contributed by atoms with Gasteiger partial charge in [-0.25, -0.2) is 0 Å². The molecular formula is C19H33N3O4. The van der Waals surface area contributed by atoms with E-state index in [1.165, 1.54) is 0 Å². The monoisotopic (exact) mass is 367 g/mol. The van der Waals surface area contributed by atoms with Crippen molar-refractivity contribution in [2.75, 3.05) is 53.2 Å². The number of guanidine groups is 1. The van der Waals surface area contributed by atoms with Crippen LogP contribution in [0, 0.1) is 0 Å². The molecule has 0 bridgehead atoms. The number of ether oxygens (including phenoxy) is 3. The van der Waals surface area contributed by atoms with Crippen molar-refractivity contribution in [3.63, 3.8) is 0 Å². The van der Waals surface area contributed by atoms with Gasteiger partial charge in [-0.15, -0.1) is 0 Å². The number of furan rings is 1. The van der Waals surface area contributed by atoms with Crippen LogP contribution >= 0.6 is 0 Å². The number of rotatable bonds is 11. The fourth-order valence-corrected chi connectivity index (χ4v) is 2.85. The molecule has 7 heteroatoms. The van der Waals surface area contributed by atoms with E-state index >= 15 is 0 Å². The molecule has 2 heterocycles. The second-order valence-corrected chi connectivity index (χ2v) is 6.40. The fraction of sp³-hybridized carbons (Fsp3) is 0.737. The summed E-state index contributed by atoms with van der Waals surface area (Å²) in [5.41, 5.74) is -0.223. The maximum absolute atomic E-state index is 5.77. The maximum Gasteiger partial charge on any atom is 0.191 e. The van der Waals surface area contributed by atoms with Gasteiger partial charge in [-0.1, -0.05) is 0 Å². The van der Waals surface area contributed by atoms with Crippen molar-refractivity contribution in [2.24, 2.45) is 4.99 Å². The zero-order valence-electron chi connectivity index (χ0n) is 16.1. The van der Waals surface area contributed by atoms with Crippen LogP contribution in [0.3, 0.4) is 0 Å². The van der Waals surface area contributed by atoms with Crippen LogP contribution in [0.25, 0.3) is 0 Å². The van der Waals surface area contributed by atoms with E-state index in [0.717, 1.165) is 76.9 Å². The van der Waals surface area contributed by atoms with Gasteiger partial charge in [0.25, 0.3) is 0 Å². The highest BCUT2D eigenvalue weighted by Crippen LogP contribution is 2.24. The largest absolute Gasteiger partial charge is 0.469 e. The normalized spacial score (nSPS) is 17.2. The van der Waals surface area contributed by atoms with Gasteiger partial charge in [-0.2, -0.15) is 0 Å². The van der Waals surface area contributed by atoms with Crippen LogP contribution in [0.15, 0.2) is 27.8 Å². The van der Waals surface area contributed by atoms with Crippen molar-refractivity contribution in [3.05, 3.63) is 24.2 Å². The van der Waals surface area contributed by atoms with Crippen LogP contribution in [0.5, 0.6) is 0 Å².